The van der Waals surface area contributed by atoms with Gasteiger partial charge in [0.15, 0.2) is 5.96 Å². The third-order valence-corrected chi connectivity index (χ3v) is 5.05. The lowest BCUT2D eigenvalue weighted by Crippen LogP contribution is -2.52. The van der Waals surface area contributed by atoms with Crippen LogP contribution in [-0.2, 0) is 4.74 Å². The first kappa shape index (κ1) is 19.8. The van der Waals surface area contributed by atoms with E-state index in [1.807, 2.05) is 0 Å². The van der Waals surface area contributed by atoms with Crippen LogP contribution in [0.15, 0.2) is 4.99 Å². The first-order valence-electron chi connectivity index (χ1n) is 9.30. The Kier molecular flexibility index (Phi) is 7.77. The summed E-state index contributed by atoms with van der Waals surface area (Å²) in [6, 6.07) is 0.792. The number of guanidine groups is 1. The molecule has 0 aromatic heterocycles. The van der Waals surface area contributed by atoms with Crippen molar-refractivity contribution in [3.63, 3.8) is 0 Å². The van der Waals surface area contributed by atoms with Crippen molar-refractivity contribution in [2.45, 2.75) is 31.8 Å². The quantitative estimate of drug-likeness (QED) is 0.548. The molecule has 8 nitrogen and oxygen atoms in total. The standard InChI is InChI=1S/C17H34N6O2/c1-5-18-16(19-12-15-13-21(2)10-11-22(15)3)20-14-6-8-23(9-7-14)17(24)25-4/h14-15H,5-13H2,1-4H3,(H2,18,19,20). The molecular weight excluding hydrogens is 320 g/mol. The van der Waals surface area contributed by atoms with E-state index in [2.05, 4.69) is 41.5 Å². The van der Waals surface area contributed by atoms with Gasteiger partial charge >= 0.3 is 6.09 Å². The summed E-state index contributed by atoms with van der Waals surface area (Å²) < 4.78 is 4.79. The van der Waals surface area contributed by atoms with Crippen LogP contribution in [0, 0.1) is 0 Å². The summed E-state index contributed by atoms with van der Waals surface area (Å²) in [7, 11) is 5.78. The molecule has 2 aliphatic rings. The molecule has 2 saturated heterocycles. The minimum atomic E-state index is -0.233. The summed E-state index contributed by atoms with van der Waals surface area (Å²) in [5, 5.41) is 6.87. The van der Waals surface area contributed by atoms with Crippen LogP contribution in [0.2, 0.25) is 0 Å². The number of likely N-dealkylation sites (N-methyl/N-ethyl adjacent to an activating group) is 2. The maximum absolute atomic E-state index is 11.6. The average Bonchev–Trinajstić information content (AvgIpc) is 2.62. The molecule has 2 N–H and O–H groups in total. The first-order valence-corrected chi connectivity index (χ1v) is 9.30. The molecule has 0 aromatic carbocycles. The van der Waals surface area contributed by atoms with Gasteiger partial charge in [0.05, 0.1) is 13.7 Å². The van der Waals surface area contributed by atoms with Crippen molar-refractivity contribution < 1.29 is 9.53 Å². The lowest BCUT2D eigenvalue weighted by molar-refractivity contribution is 0.111. The van der Waals surface area contributed by atoms with Gasteiger partial charge < -0.3 is 25.2 Å². The molecule has 0 spiro atoms. The van der Waals surface area contributed by atoms with Crippen LogP contribution in [-0.4, -0.2) is 106 Å². The number of nitrogens with one attached hydrogen (secondary N) is 2. The molecule has 25 heavy (non-hydrogen) atoms. The fourth-order valence-corrected chi connectivity index (χ4v) is 3.34. The van der Waals surface area contributed by atoms with E-state index >= 15 is 0 Å². The molecule has 0 saturated carbocycles. The van der Waals surface area contributed by atoms with Crippen LogP contribution in [0.25, 0.3) is 0 Å². The molecule has 2 fully saturated rings. The fourth-order valence-electron chi connectivity index (χ4n) is 3.34. The summed E-state index contributed by atoms with van der Waals surface area (Å²) in [6.07, 6.45) is 1.58. The zero-order valence-electron chi connectivity index (χ0n) is 16.1. The largest absolute Gasteiger partial charge is 0.453 e. The normalized spacial score (nSPS) is 24.2. The van der Waals surface area contributed by atoms with Gasteiger partial charge in [-0.2, -0.15) is 0 Å². The zero-order chi connectivity index (χ0) is 18.2. The second-order valence-corrected chi connectivity index (χ2v) is 6.99. The maximum atomic E-state index is 11.6. The SMILES string of the molecule is CCNC(=NCC1CN(C)CCN1C)NC1CCN(C(=O)OC)CC1. The van der Waals surface area contributed by atoms with Gasteiger partial charge in [-0.15, -0.1) is 0 Å². The number of nitrogens with zero attached hydrogens (tertiary/aromatic N) is 4. The van der Waals surface area contributed by atoms with E-state index in [9.17, 15) is 4.79 Å². The predicted molar refractivity (Wildman–Crippen MR) is 100 cm³/mol. The number of carbonyl (C=O) groups excluding carboxylic acids is 1. The van der Waals surface area contributed by atoms with Crippen molar-refractivity contribution in [2.75, 3.05) is 67.0 Å². The number of amides is 1. The number of piperazine rings is 1. The fraction of sp³-hybridized carbons (Fsp3) is 0.882. The van der Waals surface area contributed by atoms with Crippen molar-refractivity contribution in [1.29, 1.82) is 0 Å². The molecule has 0 bridgehead atoms. The van der Waals surface area contributed by atoms with Crippen molar-refractivity contribution in [3.05, 3.63) is 0 Å². The molecule has 1 atom stereocenters. The molecule has 2 rings (SSSR count). The lowest BCUT2D eigenvalue weighted by Gasteiger charge is -2.37. The van der Waals surface area contributed by atoms with Gasteiger partial charge in [0.25, 0.3) is 0 Å². The van der Waals surface area contributed by atoms with Crippen molar-refractivity contribution >= 4 is 12.1 Å². The van der Waals surface area contributed by atoms with E-state index in [1.54, 1.807) is 4.90 Å². The van der Waals surface area contributed by atoms with Crippen LogP contribution in [0.4, 0.5) is 4.79 Å². The van der Waals surface area contributed by atoms with E-state index < -0.39 is 0 Å². The Labute approximate surface area is 151 Å². The van der Waals surface area contributed by atoms with Crippen LogP contribution in [0.1, 0.15) is 19.8 Å². The molecule has 1 amide bonds. The maximum Gasteiger partial charge on any atom is 0.409 e. The van der Waals surface area contributed by atoms with Gasteiger partial charge in [-0.05, 0) is 33.9 Å². The minimum Gasteiger partial charge on any atom is -0.453 e. The summed E-state index contributed by atoms with van der Waals surface area (Å²) in [5.41, 5.74) is 0. The molecular formula is C17H34N6O2. The van der Waals surface area contributed by atoms with E-state index in [1.165, 1.54) is 7.11 Å². The van der Waals surface area contributed by atoms with Gasteiger partial charge in [-0.3, -0.25) is 9.89 Å². The summed E-state index contributed by atoms with van der Waals surface area (Å²) >= 11 is 0. The summed E-state index contributed by atoms with van der Waals surface area (Å²) in [4.78, 5) is 22.9. The highest BCUT2D eigenvalue weighted by molar-refractivity contribution is 5.80. The molecule has 0 aromatic rings. The molecule has 1 unspecified atom stereocenters. The molecule has 0 aliphatic carbocycles. The summed E-state index contributed by atoms with van der Waals surface area (Å²) in [5.74, 6) is 0.876. The average molecular weight is 354 g/mol. The number of piperidine rings is 1. The molecule has 8 heteroatoms. The Balaban J connectivity index is 1.84. The second-order valence-electron chi connectivity index (χ2n) is 6.99. The Morgan fingerprint density at radius 3 is 2.56 bits per heavy atom. The highest BCUT2D eigenvalue weighted by atomic mass is 16.5. The number of methoxy groups -OCH3 is 1. The Bertz CT molecular complexity index is 450. The highest BCUT2D eigenvalue weighted by Crippen LogP contribution is 2.11. The summed E-state index contributed by atoms with van der Waals surface area (Å²) in [6.45, 7) is 8.42. The molecule has 0 radical (unpaired) electrons. The van der Waals surface area contributed by atoms with E-state index in [4.69, 9.17) is 9.73 Å². The van der Waals surface area contributed by atoms with Crippen molar-refractivity contribution in [1.82, 2.24) is 25.3 Å². The van der Waals surface area contributed by atoms with Crippen molar-refractivity contribution in [3.8, 4) is 0 Å². The number of ether oxygens (including phenoxy) is 1. The number of likely N-dealkylation sites (tertiary alicyclic amines) is 1. The first-order chi connectivity index (χ1) is 12.0. The topological polar surface area (TPSA) is 72.4 Å². The number of carbonyl (C=O) groups is 1. The third kappa shape index (κ3) is 6.04. The van der Waals surface area contributed by atoms with Gasteiger partial charge in [0.1, 0.15) is 0 Å². The predicted octanol–water partition coefficient (Wildman–Crippen LogP) is 0.0181. The minimum absolute atomic E-state index is 0.233. The number of rotatable bonds is 4. The van der Waals surface area contributed by atoms with Crippen LogP contribution in [0.5, 0.6) is 0 Å². The van der Waals surface area contributed by atoms with E-state index in [0.717, 1.165) is 64.6 Å². The van der Waals surface area contributed by atoms with E-state index in [0.29, 0.717) is 12.1 Å². The van der Waals surface area contributed by atoms with Gasteiger partial charge in [-0.1, -0.05) is 0 Å². The van der Waals surface area contributed by atoms with Crippen molar-refractivity contribution in [2.24, 2.45) is 4.99 Å². The van der Waals surface area contributed by atoms with Gasteiger partial charge in [-0.25, -0.2) is 4.79 Å². The van der Waals surface area contributed by atoms with Crippen LogP contribution >= 0.6 is 0 Å². The zero-order valence-corrected chi connectivity index (χ0v) is 16.1. The number of hydrogen-bond donors (Lipinski definition) is 2. The third-order valence-electron chi connectivity index (χ3n) is 5.05. The second kappa shape index (κ2) is 9.82. The Hall–Kier alpha value is -1.54. The van der Waals surface area contributed by atoms with Crippen LogP contribution in [0.3, 0.4) is 0 Å². The van der Waals surface area contributed by atoms with Crippen LogP contribution < -0.4 is 10.6 Å². The molecule has 144 valence electrons. The monoisotopic (exact) mass is 354 g/mol. The number of hydrogen-bond acceptors (Lipinski definition) is 5. The molecule has 2 aliphatic heterocycles. The van der Waals surface area contributed by atoms with Gasteiger partial charge in [0, 0.05) is 51.4 Å². The Morgan fingerprint density at radius 1 is 1.20 bits per heavy atom. The van der Waals surface area contributed by atoms with Gasteiger partial charge in [0.2, 0.25) is 0 Å². The smallest absolute Gasteiger partial charge is 0.409 e. The lowest BCUT2D eigenvalue weighted by atomic mass is 10.1. The molecule has 2 heterocycles. The Morgan fingerprint density at radius 2 is 1.92 bits per heavy atom. The highest BCUT2D eigenvalue weighted by Gasteiger charge is 2.24. The number of aliphatic imine (C=N–C) groups is 1. The van der Waals surface area contributed by atoms with E-state index in [-0.39, 0.29) is 6.09 Å².